The molecule has 0 amide bonds. The van der Waals surface area contributed by atoms with Gasteiger partial charge in [0.25, 0.3) is 0 Å². The predicted molar refractivity (Wildman–Crippen MR) is 61.2 cm³/mol. The van der Waals surface area contributed by atoms with Gasteiger partial charge in [0.1, 0.15) is 0 Å². The fraction of sp³-hybridized carbons (Fsp3) is 1.00. The van der Waals surface area contributed by atoms with Crippen molar-refractivity contribution in [1.29, 1.82) is 0 Å². The molecule has 2 bridgehead atoms. The molecule has 1 heteroatoms. The van der Waals surface area contributed by atoms with E-state index in [-0.39, 0.29) is 0 Å². The summed E-state index contributed by atoms with van der Waals surface area (Å²) in [6, 6.07) is 0.810. The maximum Gasteiger partial charge on any atom is 0.0103 e. The summed E-state index contributed by atoms with van der Waals surface area (Å²) < 4.78 is 0. The molecule has 3 rings (SSSR count). The van der Waals surface area contributed by atoms with Crippen LogP contribution in [0.2, 0.25) is 0 Å². The van der Waals surface area contributed by atoms with Gasteiger partial charge in [0.2, 0.25) is 0 Å². The maximum absolute atomic E-state index is 3.74. The first-order valence-electron chi connectivity index (χ1n) is 6.30. The lowest BCUT2D eigenvalue weighted by molar-refractivity contribution is -0.119. The summed E-state index contributed by atoms with van der Waals surface area (Å²) in [6.45, 7) is 10.9. The summed E-state index contributed by atoms with van der Waals surface area (Å²) in [7, 11) is 0. The van der Waals surface area contributed by atoms with Gasteiger partial charge in [-0.15, -0.1) is 0 Å². The standard InChI is InChI=1S/C13H25N/c1-5-6-14-12-7-9(2)10-8-11(12)13(10,3)4/h9-12,14H,5-8H2,1-4H3/t9-,10+,11+,12+/m0/s1. The molecule has 0 heterocycles. The van der Waals surface area contributed by atoms with E-state index in [0.717, 1.165) is 23.8 Å². The zero-order valence-electron chi connectivity index (χ0n) is 10.1. The minimum atomic E-state index is 0.614. The van der Waals surface area contributed by atoms with Gasteiger partial charge in [-0.25, -0.2) is 0 Å². The molecule has 3 aliphatic rings. The van der Waals surface area contributed by atoms with Crippen LogP contribution < -0.4 is 5.32 Å². The average molecular weight is 195 g/mol. The first-order chi connectivity index (χ1) is 6.57. The van der Waals surface area contributed by atoms with Crippen molar-refractivity contribution in [2.75, 3.05) is 6.54 Å². The highest BCUT2D eigenvalue weighted by Gasteiger charge is 2.56. The topological polar surface area (TPSA) is 12.0 Å². The summed E-state index contributed by atoms with van der Waals surface area (Å²) in [5.74, 6) is 2.90. The quantitative estimate of drug-likeness (QED) is 0.730. The Morgan fingerprint density at radius 3 is 2.43 bits per heavy atom. The molecule has 0 radical (unpaired) electrons. The molecule has 3 aliphatic carbocycles. The monoisotopic (exact) mass is 195 g/mol. The molecule has 82 valence electrons. The lowest BCUT2D eigenvalue weighted by Gasteiger charge is -2.63. The number of hydrogen-bond acceptors (Lipinski definition) is 1. The third kappa shape index (κ3) is 1.41. The molecule has 1 nitrogen and oxygen atoms in total. The van der Waals surface area contributed by atoms with Crippen molar-refractivity contribution in [3.8, 4) is 0 Å². The van der Waals surface area contributed by atoms with E-state index in [1.165, 1.54) is 25.8 Å². The number of fused-ring (bicyclic) bond motifs is 2. The summed E-state index contributed by atoms with van der Waals surface area (Å²) in [4.78, 5) is 0. The van der Waals surface area contributed by atoms with Gasteiger partial charge in [-0.3, -0.25) is 0 Å². The van der Waals surface area contributed by atoms with Crippen LogP contribution in [0.1, 0.15) is 47.0 Å². The minimum Gasteiger partial charge on any atom is -0.314 e. The lowest BCUT2D eigenvalue weighted by atomic mass is 9.44. The van der Waals surface area contributed by atoms with Gasteiger partial charge in [0.05, 0.1) is 0 Å². The zero-order valence-corrected chi connectivity index (χ0v) is 10.1. The van der Waals surface area contributed by atoms with E-state index < -0.39 is 0 Å². The van der Waals surface area contributed by atoms with E-state index >= 15 is 0 Å². The predicted octanol–water partition coefficient (Wildman–Crippen LogP) is 3.06. The molecule has 14 heavy (non-hydrogen) atoms. The largest absolute Gasteiger partial charge is 0.314 e. The molecule has 0 aliphatic heterocycles. The van der Waals surface area contributed by atoms with Crippen LogP contribution in [0, 0.1) is 23.2 Å². The highest BCUT2D eigenvalue weighted by molar-refractivity contribution is 5.08. The lowest BCUT2D eigenvalue weighted by Crippen LogP contribution is -2.61. The van der Waals surface area contributed by atoms with E-state index in [1.54, 1.807) is 0 Å². The van der Waals surface area contributed by atoms with Gasteiger partial charge in [0, 0.05) is 6.04 Å². The average Bonchev–Trinajstić information content (AvgIpc) is 2.13. The Kier molecular flexibility index (Phi) is 2.63. The van der Waals surface area contributed by atoms with Gasteiger partial charge >= 0.3 is 0 Å². The fourth-order valence-electron chi connectivity index (χ4n) is 3.93. The van der Waals surface area contributed by atoms with E-state index in [0.29, 0.717) is 5.41 Å². The molecular weight excluding hydrogens is 170 g/mol. The van der Waals surface area contributed by atoms with Crippen LogP contribution >= 0.6 is 0 Å². The molecule has 0 aromatic carbocycles. The highest BCUT2D eigenvalue weighted by Crippen LogP contribution is 2.61. The molecule has 0 aromatic rings. The van der Waals surface area contributed by atoms with Crippen molar-refractivity contribution in [2.45, 2.75) is 53.0 Å². The summed E-state index contributed by atoms with van der Waals surface area (Å²) >= 11 is 0. The first kappa shape index (κ1) is 10.5. The maximum atomic E-state index is 3.74. The Labute approximate surface area is 88.7 Å². The molecule has 1 N–H and O–H groups in total. The van der Waals surface area contributed by atoms with Crippen LogP contribution in [0.5, 0.6) is 0 Å². The van der Waals surface area contributed by atoms with Crippen LogP contribution in [0.4, 0.5) is 0 Å². The second-order valence-corrected chi connectivity index (χ2v) is 6.04. The normalized spacial score (nSPS) is 44.6. The fourth-order valence-corrected chi connectivity index (χ4v) is 3.93. The summed E-state index contributed by atoms with van der Waals surface area (Å²) in [6.07, 6.45) is 4.16. The SMILES string of the molecule is CCCN[C@@H]1C[C@H](C)[C@H]2C[C@H]1C2(C)C. The smallest absolute Gasteiger partial charge is 0.0103 e. The van der Waals surface area contributed by atoms with Crippen molar-refractivity contribution in [3.05, 3.63) is 0 Å². The van der Waals surface area contributed by atoms with E-state index in [2.05, 4.69) is 33.0 Å². The van der Waals surface area contributed by atoms with Gasteiger partial charge in [-0.05, 0) is 49.0 Å². The van der Waals surface area contributed by atoms with Crippen molar-refractivity contribution >= 4 is 0 Å². The van der Waals surface area contributed by atoms with Gasteiger partial charge < -0.3 is 5.32 Å². The second kappa shape index (κ2) is 3.52. The number of rotatable bonds is 3. The second-order valence-electron chi connectivity index (χ2n) is 6.04. The highest BCUT2D eigenvalue weighted by atomic mass is 14.9. The van der Waals surface area contributed by atoms with Gasteiger partial charge in [-0.2, -0.15) is 0 Å². The van der Waals surface area contributed by atoms with Crippen LogP contribution in [-0.4, -0.2) is 12.6 Å². The van der Waals surface area contributed by atoms with Crippen LogP contribution in [0.3, 0.4) is 0 Å². The van der Waals surface area contributed by atoms with Crippen molar-refractivity contribution in [1.82, 2.24) is 5.32 Å². The third-order valence-electron chi connectivity index (χ3n) is 4.87. The van der Waals surface area contributed by atoms with E-state index in [9.17, 15) is 0 Å². The van der Waals surface area contributed by atoms with Crippen LogP contribution in [-0.2, 0) is 0 Å². The summed E-state index contributed by atoms with van der Waals surface area (Å²) in [5.41, 5.74) is 0.614. The first-order valence-corrected chi connectivity index (χ1v) is 6.30. The van der Waals surface area contributed by atoms with Gasteiger partial charge in [0.15, 0.2) is 0 Å². The Bertz CT molecular complexity index is 209. The van der Waals surface area contributed by atoms with Crippen LogP contribution in [0.15, 0.2) is 0 Å². The number of nitrogens with one attached hydrogen (secondary N) is 1. The molecule has 0 spiro atoms. The summed E-state index contributed by atoms with van der Waals surface area (Å²) in [5, 5.41) is 3.74. The number of hydrogen-bond donors (Lipinski definition) is 1. The van der Waals surface area contributed by atoms with E-state index in [4.69, 9.17) is 0 Å². The van der Waals surface area contributed by atoms with Crippen LogP contribution in [0.25, 0.3) is 0 Å². The molecule has 0 saturated heterocycles. The molecule has 3 saturated carbocycles. The molecule has 3 fully saturated rings. The Balaban J connectivity index is 1.99. The molecule has 4 atom stereocenters. The minimum absolute atomic E-state index is 0.614. The van der Waals surface area contributed by atoms with Crippen molar-refractivity contribution in [2.24, 2.45) is 23.2 Å². The van der Waals surface area contributed by atoms with Crippen molar-refractivity contribution in [3.63, 3.8) is 0 Å². The Morgan fingerprint density at radius 2 is 1.93 bits per heavy atom. The zero-order chi connectivity index (χ0) is 10.3. The van der Waals surface area contributed by atoms with Crippen molar-refractivity contribution < 1.29 is 0 Å². The molecule has 0 unspecified atom stereocenters. The Hall–Kier alpha value is -0.0400. The molecule has 0 aromatic heterocycles. The third-order valence-corrected chi connectivity index (χ3v) is 4.87. The molecular formula is C13H25N. The Morgan fingerprint density at radius 1 is 1.21 bits per heavy atom. The van der Waals surface area contributed by atoms with E-state index in [1.807, 2.05) is 0 Å². The van der Waals surface area contributed by atoms with Gasteiger partial charge in [-0.1, -0.05) is 27.7 Å².